The van der Waals surface area contributed by atoms with Crippen LogP contribution in [0, 0.1) is 12.8 Å². The van der Waals surface area contributed by atoms with E-state index in [4.69, 9.17) is 0 Å². The molecule has 1 nitrogen and oxygen atoms in total. The molecule has 0 radical (unpaired) electrons. The van der Waals surface area contributed by atoms with Gasteiger partial charge in [-0.05, 0) is 43.0 Å². The highest BCUT2D eigenvalue weighted by Gasteiger charge is 2.28. The summed E-state index contributed by atoms with van der Waals surface area (Å²) in [5, 5.41) is 0. The van der Waals surface area contributed by atoms with E-state index in [0.717, 1.165) is 28.4 Å². The smallest absolute Gasteiger partial charge is 0.167 e. The molecular formula is C17H15BrO. The first-order valence-electron chi connectivity index (χ1n) is 6.52. The normalized spacial score (nSPS) is 14.4. The largest absolute Gasteiger partial charge is 0.294 e. The molecule has 0 bridgehead atoms. The molecule has 0 spiro atoms. The van der Waals surface area contributed by atoms with E-state index in [0.29, 0.717) is 0 Å². The summed E-state index contributed by atoms with van der Waals surface area (Å²) in [6.07, 6.45) is 1.74. The van der Waals surface area contributed by atoms with E-state index in [9.17, 15) is 4.79 Å². The van der Waals surface area contributed by atoms with Crippen molar-refractivity contribution in [1.82, 2.24) is 0 Å². The third-order valence-corrected chi connectivity index (χ3v) is 4.50. The van der Waals surface area contributed by atoms with Gasteiger partial charge < -0.3 is 0 Å². The Hall–Kier alpha value is -1.41. The molecule has 0 saturated carbocycles. The molecule has 2 aromatic carbocycles. The van der Waals surface area contributed by atoms with E-state index >= 15 is 0 Å². The lowest BCUT2D eigenvalue weighted by atomic mass is 9.94. The fourth-order valence-electron chi connectivity index (χ4n) is 2.79. The zero-order valence-corrected chi connectivity index (χ0v) is 12.4. The van der Waals surface area contributed by atoms with Gasteiger partial charge >= 0.3 is 0 Å². The number of hydrogen-bond donors (Lipinski definition) is 0. The second-order valence-electron chi connectivity index (χ2n) is 5.22. The topological polar surface area (TPSA) is 17.1 Å². The number of benzene rings is 2. The van der Waals surface area contributed by atoms with Crippen LogP contribution in [0.2, 0.25) is 0 Å². The minimum atomic E-state index is 0.0931. The predicted molar refractivity (Wildman–Crippen MR) is 80.5 cm³/mol. The lowest BCUT2D eigenvalue weighted by molar-refractivity contribution is 0.0924. The number of rotatable bonds is 2. The van der Waals surface area contributed by atoms with Gasteiger partial charge in [-0.1, -0.05) is 51.8 Å². The number of fused-ring (bicyclic) bond motifs is 1. The molecule has 96 valence electrons. The van der Waals surface area contributed by atoms with Crippen molar-refractivity contribution in [1.29, 1.82) is 0 Å². The van der Waals surface area contributed by atoms with Crippen molar-refractivity contribution in [3.63, 3.8) is 0 Å². The molecule has 0 atom stereocenters. The minimum absolute atomic E-state index is 0.0931. The molecule has 1 aliphatic rings. The number of ketones is 1. The molecular weight excluding hydrogens is 300 g/mol. The van der Waals surface area contributed by atoms with E-state index in [1.807, 2.05) is 37.3 Å². The molecule has 2 heteroatoms. The lowest BCUT2D eigenvalue weighted by Crippen LogP contribution is -2.15. The summed E-state index contributed by atoms with van der Waals surface area (Å²) in [4.78, 5) is 12.7. The van der Waals surface area contributed by atoms with Crippen molar-refractivity contribution in [3.05, 3.63) is 69.2 Å². The molecule has 2 aromatic rings. The van der Waals surface area contributed by atoms with Crippen LogP contribution in [0.25, 0.3) is 0 Å². The van der Waals surface area contributed by atoms with Gasteiger partial charge in [0.25, 0.3) is 0 Å². The van der Waals surface area contributed by atoms with E-state index in [1.165, 1.54) is 11.1 Å². The van der Waals surface area contributed by atoms with E-state index in [1.54, 1.807) is 0 Å². The molecule has 0 heterocycles. The van der Waals surface area contributed by atoms with Gasteiger partial charge in [-0.15, -0.1) is 0 Å². The lowest BCUT2D eigenvalue weighted by Gasteiger charge is -2.10. The van der Waals surface area contributed by atoms with Gasteiger partial charge in [0.15, 0.2) is 5.78 Å². The van der Waals surface area contributed by atoms with Crippen molar-refractivity contribution in [3.8, 4) is 0 Å². The molecule has 3 rings (SSSR count). The van der Waals surface area contributed by atoms with Crippen LogP contribution in [-0.4, -0.2) is 5.78 Å². The zero-order valence-electron chi connectivity index (χ0n) is 10.8. The van der Waals surface area contributed by atoms with Gasteiger partial charge in [0.05, 0.1) is 0 Å². The molecule has 1 aliphatic carbocycles. The van der Waals surface area contributed by atoms with Crippen LogP contribution in [0.4, 0.5) is 0 Å². The zero-order chi connectivity index (χ0) is 13.4. The molecule has 0 amide bonds. The Bertz CT molecular complexity index is 620. The highest BCUT2D eigenvalue weighted by Crippen LogP contribution is 2.31. The van der Waals surface area contributed by atoms with Crippen LogP contribution >= 0.6 is 15.9 Å². The third-order valence-electron chi connectivity index (χ3n) is 3.81. The Labute approximate surface area is 121 Å². The van der Waals surface area contributed by atoms with Crippen molar-refractivity contribution in [2.75, 3.05) is 0 Å². The number of carbonyl (C=O) groups excluding carboxylic acids is 1. The summed E-state index contributed by atoms with van der Waals surface area (Å²) < 4.78 is 0.902. The highest BCUT2D eigenvalue weighted by atomic mass is 79.9. The average Bonchev–Trinajstić information content (AvgIpc) is 2.84. The number of halogens is 1. The standard InChI is InChI=1S/C17H15BrO/c1-11-6-7-16(18)15(8-11)17(19)14-9-12-4-2-3-5-13(12)10-14/h2-8,14H,9-10H2,1H3. The van der Waals surface area contributed by atoms with Gasteiger partial charge in [0.1, 0.15) is 0 Å². The first kappa shape index (κ1) is 12.6. The average molecular weight is 315 g/mol. The second-order valence-corrected chi connectivity index (χ2v) is 6.08. The maximum Gasteiger partial charge on any atom is 0.167 e. The van der Waals surface area contributed by atoms with Crippen LogP contribution in [0.3, 0.4) is 0 Å². The van der Waals surface area contributed by atoms with Gasteiger partial charge in [-0.2, -0.15) is 0 Å². The van der Waals surface area contributed by atoms with Crippen LogP contribution in [0.1, 0.15) is 27.0 Å². The Morgan fingerprint density at radius 1 is 1.11 bits per heavy atom. The van der Waals surface area contributed by atoms with Crippen LogP contribution in [0.5, 0.6) is 0 Å². The number of hydrogen-bond acceptors (Lipinski definition) is 1. The first-order chi connectivity index (χ1) is 9.15. The Morgan fingerprint density at radius 3 is 2.37 bits per heavy atom. The summed E-state index contributed by atoms with van der Waals surface area (Å²) in [6, 6.07) is 14.3. The van der Waals surface area contributed by atoms with Crippen molar-refractivity contribution in [2.45, 2.75) is 19.8 Å². The third kappa shape index (κ3) is 2.37. The van der Waals surface area contributed by atoms with Crippen molar-refractivity contribution >= 4 is 21.7 Å². The van der Waals surface area contributed by atoms with Crippen molar-refractivity contribution in [2.24, 2.45) is 5.92 Å². The minimum Gasteiger partial charge on any atom is -0.294 e. The molecule has 19 heavy (non-hydrogen) atoms. The van der Waals surface area contributed by atoms with Crippen LogP contribution in [0.15, 0.2) is 46.9 Å². The summed E-state index contributed by atoms with van der Waals surface area (Å²) in [5.74, 6) is 0.349. The first-order valence-corrected chi connectivity index (χ1v) is 7.31. The molecule has 0 fully saturated rings. The summed E-state index contributed by atoms with van der Waals surface area (Å²) in [5.41, 5.74) is 4.59. The number of Topliss-reactive ketones (excluding diaryl/α,β-unsaturated/α-hetero) is 1. The molecule has 0 aliphatic heterocycles. The predicted octanol–water partition coefficient (Wildman–Crippen LogP) is 4.36. The van der Waals surface area contributed by atoms with Crippen molar-refractivity contribution < 1.29 is 4.79 Å². The maximum atomic E-state index is 12.7. The quantitative estimate of drug-likeness (QED) is 0.753. The van der Waals surface area contributed by atoms with Gasteiger partial charge in [0, 0.05) is 16.0 Å². The summed E-state index contributed by atoms with van der Waals surface area (Å²) in [7, 11) is 0. The van der Waals surface area contributed by atoms with Crippen LogP contribution in [-0.2, 0) is 12.8 Å². The Kier molecular flexibility index (Phi) is 3.28. The highest BCUT2D eigenvalue weighted by molar-refractivity contribution is 9.10. The Balaban J connectivity index is 1.89. The summed E-state index contributed by atoms with van der Waals surface area (Å²) in [6.45, 7) is 2.02. The monoisotopic (exact) mass is 314 g/mol. The molecule has 0 unspecified atom stereocenters. The van der Waals surface area contributed by atoms with Gasteiger partial charge in [-0.25, -0.2) is 0 Å². The molecule has 0 aromatic heterocycles. The SMILES string of the molecule is Cc1ccc(Br)c(C(=O)C2Cc3ccccc3C2)c1. The molecule has 0 saturated heterocycles. The van der Waals surface area contributed by atoms with E-state index in [-0.39, 0.29) is 11.7 Å². The summed E-state index contributed by atoms with van der Waals surface area (Å²) >= 11 is 3.49. The number of aryl methyl sites for hydroxylation is 1. The van der Waals surface area contributed by atoms with E-state index < -0.39 is 0 Å². The molecule has 0 N–H and O–H groups in total. The van der Waals surface area contributed by atoms with Crippen LogP contribution < -0.4 is 0 Å². The van der Waals surface area contributed by atoms with E-state index in [2.05, 4.69) is 28.1 Å². The fraction of sp³-hybridized carbons (Fsp3) is 0.235. The number of carbonyl (C=O) groups is 1. The maximum absolute atomic E-state index is 12.7. The second kappa shape index (κ2) is 4.93. The van der Waals surface area contributed by atoms with Gasteiger partial charge in [-0.3, -0.25) is 4.79 Å². The Morgan fingerprint density at radius 2 is 1.74 bits per heavy atom. The van der Waals surface area contributed by atoms with Gasteiger partial charge in [0.2, 0.25) is 0 Å². The fourth-order valence-corrected chi connectivity index (χ4v) is 3.23.